The zero-order valence-electron chi connectivity index (χ0n) is 12.6. The molecule has 2 atom stereocenters. The zero-order valence-corrected chi connectivity index (χ0v) is 12.6. The molecule has 2 unspecified atom stereocenters. The van der Waals surface area contributed by atoms with Crippen molar-refractivity contribution in [2.45, 2.75) is 44.1 Å². The molecule has 3 rings (SSSR count). The summed E-state index contributed by atoms with van der Waals surface area (Å²) in [5, 5.41) is 11.9. The van der Waals surface area contributed by atoms with Gasteiger partial charge in [0.05, 0.1) is 5.92 Å². The molecule has 23 heavy (non-hydrogen) atoms. The van der Waals surface area contributed by atoms with Crippen LogP contribution in [0.3, 0.4) is 0 Å². The van der Waals surface area contributed by atoms with Crippen molar-refractivity contribution in [2.24, 2.45) is 11.8 Å². The average molecular weight is 323 g/mol. The van der Waals surface area contributed by atoms with Crippen molar-refractivity contribution in [3.05, 3.63) is 35.4 Å². The monoisotopic (exact) mass is 323 g/mol. The van der Waals surface area contributed by atoms with Gasteiger partial charge in [-0.15, -0.1) is 0 Å². The van der Waals surface area contributed by atoms with Gasteiger partial charge in [0.2, 0.25) is 5.91 Å². The summed E-state index contributed by atoms with van der Waals surface area (Å²) in [5.74, 6) is -2.80. The number of carbonyl (C=O) groups is 2. The molecule has 0 aliphatic heterocycles. The van der Waals surface area contributed by atoms with Gasteiger partial charge in [0.1, 0.15) is 11.6 Å². The van der Waals surface area contributed by atoms with Gasteiger partial charge in [-0.05, 0) is 61.8 Å². The molecule has 1 amide bonds. The number of rotatable bonds is 4. The lowest BCUT2D eigenvalue weighted by Gasteiger charge is -2.26. The van der Waals surface area contributed by atoms with E-state index in [0.29, 0.717) is 32.1 Å². The van der Waals surface area contributed by atoms with Crippen molar-refractivity contribution in [3.63, 3.8) is 0 Å². The van der Waals surface area contributed by atoms with Crippen molar-refractivity contribution in [2.75, 3.05) is 0 Å². The lowest BCUT2D eigenvalue weighted by molar-refractivity contribution is -0.142. The summed E-state index contributed by atoms with van der Waals surface area (Å²) < 4.78 is 26.9. The molecule has 4 nitrogen and oxygen atoms in total. The Kier molecular flexibility index (Phi) is 4.33. The quantitative estimate of drug-likeness (QED) is 0.895. The van der Waals surface area contributed by atoms with Crippen LogP contribution >= 0.6 is 0 Å². The maximum atomic E-state index is 13.7. The summed E-state index contributed by atoms with van der Waals surface area (Å²) in [4.78, 5) is 23.1. The summed E-state index contributed by atoms with van der Waals surface area (Å²) in [5.41, 5.74) is 0.264. The molecule has 0 radical (unpaired) electrons. The normalized spacial score (nSPS) is 29.8. The number of benzene rings is 1. The molecule has 0 spiro atoms. The Morgan fingerprint density at radius 2 is 1.83 bits per heavy atom. The number of amides is 1. The van der Waals surface area contributed by atoms with Gasteiger partial charge in [0.25, 0.3) is 0 Å². The van der Waals surface area contributed by atoms with E-state index in [1.165, 1.54) is 0 Å². The van der Waals surface area contributed by atoms with Crippen LogP contribution in [0, 0.1) is 23.5 Å². The molecule has 6 heteroatoms. The third-order valence-electron chi connectivity index (χ3n) is 4.91. The van der Waals surface area contributed by atoms with Crippen LogP contribution < -0.4 is 5.32 Å². The van der Waals surface area contributed by atoms with E-state index in [2.05, 4.69) is 5.32 Å². The van der Waals surface area contributed by atoms with E-state index < -0.39 is 17.6 Å². The molecule has 1 aromatic carbocycles. The second-order valence-electron chi connectivity index (χ2n) is 6.51. The lowest BCUT2D eigenvalue weighted by atomic mass is 9.86. The second-order valence-corrected chi connectivity index (χ2v) is 6.51. The number of carboxylic acid groups (broad SMARTS) is 1. The standard InChI is InChI=1S/C17H19F2NO3/c18-10-3-6-15(19)13(7-10)12-8-14(12)16(21)20-11-4-1-9(2-5-11)17(22)23/h3,6-7,9,11-12,14H,1-2,4-5,8H2,(H,20,21)(H,22,23). The molecule has 0 aromatic heterocycles. The Morgan fingerprint density at radius 3 is 2.48 bits per heavy atom. The zero-order chi connectivity index (χ0) is 16.6. The summed E-state index contributed by atoms with van der Waals surface area (Å²) >= 11 is 0. The first kappa shape index (κ1) is 15.9. The molecule has 0 bridgehead atoms. The lowest BCUT2D eigenvalue weighted by Crippen LogP contribution is -2.39. The molecule has 2 saturated carbocycles. The van der Waals surface area contributed by atoms with Gasteiger partial charge in [-0.3, -0.25) is 9.59 Å². The highest BCUT2D eigenvalue weighted by atomic mass is 19.1. The SMILES string of the molecule is O=C(O)C1CCC(NC(=O)C2CC2c2cc(F)ccc2F)CC1. The maximum Gasteiger partial charge on any atom is 0.306 e. The minimum absolute atomic E-state index is 0.0169. The largest absolute Gasteiger partial charge is 0.481 e. The number of nitrogens with one attached hydrogen (secondary N) is 1. The van der Waals surface area contributed by atoms with Crippen LogP contribution in [0.15, 0.2) is 18.2 Å². The Morgan fingerprint density at radius 1 is 1.13 bits per heavy atom. The van der Waals surface area contributed by atoms with Crippen molar-refractivity contribution >= 4 is 11.9 Å². The van der Waals surface area contributed by atoms with Gasteiger partial charge < -0.3 is 10.4 Å². The smallest absolute Gasteiger partial charge is 0.306 e. The number of aliphatic carboxylic acids is 1. The molecule has 0 heterocycles. The topological polar surface area (TPSA) is 66.4 Å². The molecular weight excluding hydrogens is 304 g/mol. The highest BCUT2D eigenvalue weighted by Crippen LogP contribution is 2.48. The van der Waals surface area contributed by atoms with Gasteiger partial charge in [-0.1, -0.05) is 0 Å². The molecular formula is C17H19F2NO3. The predicted octanol–water partition coefficient (Wildman–Crippen LogP) is 2.83. The maximum absolute atomic E-state index is 13.7. The highest BCUT2D eigenvalue weighted by Gasteiger charge is 2.46. The van der Waals surface area contributed by atoms with Crippen LogP contribution in [-0.4, -0.2) is 23.0 Å². The van der Waals surface area contributed by atoms with Gasteiger partial charge in [0.15, 0.2) is 0 Å². The third kappa shape index (κ3) is 3.51. The van der Waals surface area contributed by atoms with Gasteiger partial charge in [-0.2, -0.15) is 0 Å². The molecule has 2 aliphatic carbocycles. The van der Waals surface area contributed by atoms with Crippen LogP contribution in [-0.2, 0) is 9.59 Å². The fraction of sp³-hybridized carbons (Fsp3) is 0.529. The fourth-order valence-corrected chi connectivity index (χ4v) is 3.42. The third-order valence-corrected chi connectivity index (χ3v) is 4.91. The summed E-state index contributed by atoms with van der Waals surface area (Å²) in [6.07, 6.45) is 2.94. The number of hydrogen-bond acceptors (Lipinski definition) is 2. The first-order valence-corrected chi connectivity index (χ1v) is 7.94. The Bertz CT molecular complexity index is 626. The molecule has 0 saturated heterocycles. The Hall–Kier alpha value is -1.98. The first-order chi connectivity index (χ1) is 11.0. The van der Waals surface area contributed by atoms with E-state index in [9.17, 15) is 18.4 Å². The van der Waals surface area contributed by atoms with Crippen LogP contribution in [0.1, 0.15) is 43.6 Å². The van der Waals surface area contributed by atoms with E-state index in [-0.39, 0.29) is 35.3 Å². The van der Waals surface area contributed by atoms with Crippen LogP contribution in [0.5, 0.6) is 0 Å². The number of carboxylic acids is 1. The van der Waals surface area contributed by atoms with Crippen LogP contribution in [0.2, 0.25) is 0 Å². The predicted molar refractivity (Wildman–Crippen MR) is 78.7 cm³/mol. The van der Waals surface area contributed by atoms with Crippen molar-refractivity contribution in [3.8, 4) is 0 Å². The van der Waals surface area contributed by atoms with E-state index in [1.54, 1.807) is 0 Å². The van der Waals surface area contributed by atoms with Crippen LogP contribution in [0.4, 0.5) is 8.78 Å². The molecule has 124 valence electrons. The Labute approximate surface area is 132 Å². The highest BCUT2D eigenvalue weighted by molar-refractivity contribution is 5.83. The second kappa shape index (κ2) is 6.26. The van der Waals surface area contributed by atoms with E-state index >= 15 is 0 Å². The fourth-order valence-electron chi connectivity index (χ4n) is 3.42. The first-order valence-electron chi connectivity index (χ1n) is 7.94. The van der Waals surface area contributed by atoms with Crippen LogP contribution in [0.25, 0.3) is 0 Å². The van der Waals surface area contributed by atoms with E-state index in [0.717, 1.165) is 18.2 Å². The number of halogens is 2. The molecule has 2 aliphatic rings. The van der Waals surface area contributed by atoms with Crippen molar-refractivity contribution in [1.82, 2.24) is 5.32 Å². The van der Waals surface area contributed by atoms with E-state index in [1.807, 2.05) is 0 Å². The van der Waals surface area contributed by atoms with Gasteiger partial charge in [-0.25, -0.2) is 8.78 Å². The molecule has 2 N–H and O–H groups in total. The average Bonchev–Trinajstić information content (AvgIpc) is 3.31. The van der Waals surface area contributed by atoms with Crippen molar-refractivity contribution < 1.29 is 23.5 Å². The minimum atomic E-state index is -0.779. The Balaban J connectivity index is 1.53. The summed E-state index contributed by atoms with van der Waals surface area (Å²) in [7, 11) is 0. The number of carbonyl (C=O) groups excluding carboxylic acids is 1. The van der Waals surface area contributed by atoms with Gasteiger partial charge >= 0.3 is 5.97 Å². The van der Waals surface area contributed by atoms with E-state index in [4.69, 9.17) is 5.11 Å². The summed E-state index contributed by atoms with van der Waals surface area (Å²) in [6.45, 7) is 0. The number of hydrogen-bond donors (Lipinski definition) is 2. The molecule has 1 aromatic rings. The summed E-state index contributed by atoms with van der Waals surface area (Å²) in [6, 6.07) is 3.30. The molecule has 2 fully saturated rings. The van der Waals surface area contributed by atoms with Gasteiger partial charge in [0, 0.05) is 12.0 Å². The van der Waals surface area contributed by atoms with Crippen molar-refractivity contribution in [1.29, 1.82) is 0 Å². The minimum Gasteiger partial charge on any atom is -0.481 e.